The van der Waals surface area contributed by atoms with Crippen molar-refractivity contribution in [1.82, 2.24) is 4.98 Å². The molecule has 1 aromatic rings. The van der Waals surface area contributed by atoms with Crippen molar-refractivity contribution in [3.63, 3.8) is 0 Å². The maximum absolute atomic E-state index is 11.7. The van der Waals surface area contributed by atoms with Crippen LogP contribution < -0.4 is 0 Å². The Kier molecular flexibility index (Phi) is 3.21. The Morgan fingerprint density at radius 3 is 3.06 bits per heavy atom. The Morgan fingerprint density at radius 2 is 2.50 bits per heavy atom. The molecule has 1 aliphatic carbocycles. The quantitative estimate of drug-likeness (QED) is 0.570. The molecule has 1 atom stereocenters. The topological polar surface area (TPSA) is 39.2 Å². The van der Waals surface area contributed by atoms with E-state index in [4.69, 9.17) is 11.2 Å². The highest BCUT2D eigenvalue weighted by Crippen LogP contribution is 2.36. The van der Waals surface area contributed by atoms with Gasteiger partial charge in [0.05, 0.1) is 5.56 Å². The lowest BCUT2D eigenvalue weighted by Crippen LogP contribution is -2.20. The van der Waals surface area contributed by atoms with Crippen LogP contribution in [0.4, 0.5) is 0 Å². The van der Waals surface area contributed by atoms with E-state index in [0.717, 1.165) is 12.8 Å². The van der Waals surface area contributed by atoms with Crippen molar-refractivity contribution in [2.45, 2.75) is 25.4 Å². The van der Waals surface area contributed by atoms with Gasteiger partial charge in [-0.2, -0.15) is 0 Å². The average Bonchev–Trinajstić information content (AvgIpc) is 3.13. The summed E-state index contributed by atoms with van der Waals surface area (Å²) in [6.45, 7) is 0. The van der Waals surface area contributed by atoms with Gasteiger partial charge in [-0.25, -0.2) is 4.79 Å². The third-order valence-electron chi connectivity index (χ3n) is 2.62. The molecule has 3 nitrogen and oxygen atoms in total. The number of carbonyl (C=O) groups excluding carboxylic acids is 1. The van der Waals surface area contributed by atoms with E-state index in [1.54, 1.807) is 18.3 Å². The van der Waals surface area contributed by atoms with Crippen LogP contribution in [0.3, 0.4) is 0 Å². The van der Waals surface area contributed by atoms with Gasteiger partial charge in [0.15, 0.2) is 0 Å². The van der Waals surface area contributed by atoms with E-state index < -0.39 is 0 Å². The minimum atomic E-state index is -0.333. The molecule has 0 saturated heterocycles. The van der Waals surface area contributed by atoms with Crippen molar-refractivity contribution >= 4 is 5.97 Å². The lowest BCUT2D eigenvalue weighted by atomic mass is 10.1. The molecule has 1 aliphatic rings. The molecule has 82 valence electrons. The first-order valence-corrected chi connectivity index (χ1v) is 5.35. The van der Waals surface area contributed by atoms with Gasteiger partial charge in [0.25, 0.3) is 0 Å². The highest BCUT2D eigenvalue weighted by Gasteiger charge is 2.33. The van der Waals surface area contributed by atoms with E-state index in [-0.39, 0.29) is 12.1 Å². The van der Waals surface area contributed by atoms with Gasteiger partial charge < -0.3 is 4.74 Å². The van der Waals surface area contributed by atoms with E-state index in [9.17, 15) is 4.79 Å². The fraction of sp³-hybridized carbons (Fsp3) is 0.385. The molecule has 0 radical (unpaired) electrons. The fourth-order valence-corrected chi connectivity index (χ4v) is 1.58. The highest BCUT2D eigenvalue weighted by atomic mass is 16.5. The third kappa shape index (κ3) is 2.60. The Morgan fingerprint density at radius 1 is 1.69 bits per heavy atom. The minimum absolute atomic E-state index is 0.127. The number of hydrogen-bond donors (Lipinski definition) is 0. The predicted molar refractivity (Wildman–Crippen MR) is 59.6 cm³/mol. The number of terminal acetylenes is 1. The summed E-state index contributed by atoms with van der Waals surface area (Å²) in [5.41, 5.74) is 0.477. The summed E-state index contributed by atoms with van der Waals surface area (Å²) >= 11 is 0. The molecule has 1 aromatic heterocycles. The number of hydrogen-bond acceptors (Lipinski definition) is 3. The maximum Gasteiger partial charge on any atom is 0.340 e. The first-order chi connectivity index (χ1) is 7.81. The van der Waals surface area contributed by atoms with Gasteiger partial charge in [-0.1, -0.05) is 0 Å². The molecule has 0 aromatic carbocycles. The first-order valence-electron chi connectivity index (χ1n) is 5.35. The molecule has 0 bridgehead atoms. The summed E-state index contributed by atoms with van der Waals surface area (Å²) in [7, 11) is 0. The van der Waals surface area contributed by atoms with Gasteiger partial charge in [0.2, 0.25) is 0 Å². The largest absolute Gasteiger partial charge is 0.457 e. The van der Waals surface area contributed by atoms with Gasteiger partial charge in [-0.15, -0.1) is 12.3 Å². The summed E-state index contributed by atoms with van der Waals surface area (Å²) in [6.07, 6.45) is 11.0. The van der Waals surface area contributed by atoms with Crippen molar-refractivity contribution < 1.29 is 9.53 Å². The molecule has 0 N–H and O–H groups in total. The van der Waals surface area contributed by atoms with Crippen LogP contribution >= 0.6 is 0 Å². The molecule has 16 heavy (non-hydrogen) atoms. The molecule has 2 rings (SSSR count). The lowest BCUT2D eigenvalue weighted by molar-refractivity contribution is 0.0260. The molecule has 1 saturated carbocycles. The van der Waals surface area contributed by atoms with Crippen LogP contribution in [0.15, 0.2) is 24.5 Å². The minimum Gasteiger partial charge on any atom is -0.457 e. The van der Waals surface area contributed by atoms with Gasteiger partial charge in [-0.3, -0.25) is 4.98 Å². The van der Waals surface area contributed by atoms with Crippen molar-refractivity contribution in [2.24, 2.45) is 5.92 Å². The predicted octanol–water partition coefficient (Wildman–Crippen LogP) is 2.04. The average molecular weight is 215 g/mol. The van der Waals surface area contributed by atoms with E-state index in [0.29, 0.717) is 17.9 Å². The number of pyridine rings is 1. The summed E-state index contributed by atoms with van der Waals surface area (Å²) < 4.78 is 5.38. The van der Waals surface area contributed by atoms with Gasteiger partial charge in [0.1, 0.15) is 6.10 Å². The zero-order valence-electron chi connectivity index (χ0n) is 8.93. The van der Waals surface area contributed by atoms with Crippen molar-refractivity contribution in [1.29, 1.82) is 0 Å². The Balaban J connectivity index is 1.98. The second-order valence-electron chi connectivity index (χ2n) is 3.93. The summed E-state index contributed by atoms with van der Waals surface area (Å²) in [4.78, 5) is 15.6. The smallest absolute Gasteiger partial charge is 0.340 e. The van der Waals surface area contributed by atoms with Crippen LogP contribution in [0.5, 0.6) is 0 Å². The molecule has 0 amide bonds. The van der Waals surface area contributed by atoms with Gasteiger partial charge in [0, 0.05) is 18.8 Å². The maximum atomic E-state index is 11.7. The zero-order valence-corrected chi connectivity index (χ0v) is 8.93. The number of rotatable bonds is 4. The summed E-state index contributed by atoms with van der Waals surface area (Å²) in [5, 5.41) is 0. The van der Waals surface area contributed by atoms with Gasteiger partial charge >= 0.3 is 5.97 Å². The molecule has 1 unspecified atom stereocenters. The van der Waals surface area contributed by atoms with Crippen LogP contribution in [0, 0.1) is 18.3 Å². The van der Waals surface area contributed by atoms with Crippen LogP contribution in [-0.4, -0.2) is 17.1 Å². The first kappa shape index (κ1) is 10.7. The second kappa shape index (κ2) is 4.80. The Hall–Kier alpha value is -1.82. The molecule has 0 spiro atoms. The van der Waals surface area contributed by atoms with Crippen LogP contribution in [0.25, 0.3) is 0 Å². The van der Waals surface area contributed by atoms with Crippen LogP contribution in [0.1, 0.15) is 29.6 Å². The highest BCUT2D eigenvalue weighted by molar-refractivity contribution is 5.89. The summed E-state index contributed by atoms with van der Waals surface area (Å²) in [5.74, 6) is 2.68. The monoisotopic (exact) mass is 215 g/mol. The Labute approximate surface area is 94.8 Å². The number of ether oxygens (including phenoxy) is 1. The number of esters is 1. The van der Waals surface area contributed by atoms with Gasteiger partial charge in [-0.05, 0) is 30.9 Å². The van der Waals surface area contributed by atoms with E-state index in [1.165, 1.54) is 6.20 Å². The number of carbonyl (C=O) groups is 1. The van der Waals surface area contributed by atoms with E-state index in [1.807, 2.05) is 0 Å². The Bertz CT molecular complexity index is 404. The SMILES string of the molecule is C#CCC(OC(=O)c1cccnc1)C1CC1. The zero-order chi connectivity index (χ0) is 11.4. The molecule has 1 fully saturated rings. The lowest BCUT2D eigenvalue weighted by Gasteiger charge is -2.14. The second-order valence-corrected chi connectivity index (χ2v) is 3.93. The fourth-order valence-electron chi connectivity index (χ4n) is 1.58. The number of aromatic nitrogens is 1. The molecule has 0 aliphatic heterocycles. The summed E-state index contributed by atoms with van der Waals surface area (Å²) in [6, 6.07) is 3.40. The van der Waals surface area contributed by atoms with Crippen LogP contribution in [0.2, 0.25) is 0 Å². The van der Waals surface area contributed by atoms with Crippen molar-refractivity contribution in [2.75, 3.05) is 0 Å². The van der Waals surface area contributed by atoms with E-state index >= 15 is 0 Å². The van der Waals surface area contributed by atoms with Crippen LogP contribution in [-0.2, 0) is 4.74 Å². The van der Waals surface area contributed by atoms with E-state index in [2.05, 4.69) is 10.9 Å². The normalized spacial score (nSPS) is 16.2. The molecular weight excluding hydrogens is 202 g/mol. The number of nitrogens with zero attached hydrogens (tertiary/aromatic N) is 1. The third-order valence-corrected chi connectivity index (χ3v) is 2.62. The molecular formula is C13H13NO2. The van der Waals surface area contributed by atoms with Crippen molar-refractivity contribution in [3.8, 4) is 12.3 Å². The molecule has 1 heterocycles. The molecule has 3 heteroatoms. The standard InChI is InChI=1S/C13H13NO2/c1-2-4-12(10-6-7-10)16-13(15)11-5-3-8-14-9-11/h1,3,5,8-10,12H,4,6-7H2. The van der Waals surface area contributed by atoms with Crippen molar-refractivity contribution in [3.05, 3.63) is 30.1 Å².